The van der Waals surface area contributed by atoms with Crippen molar-refractivity contribution in [3.63, 3.8) is 0 Å². The van der Waals surface area contributed by atoms with Crippen molar-refractivity contribution in [1.29, 1.82) is 0 Å². The van der Waals surface area contributed by atoms with Gasteiger partial charge in [0, 0.05) is 7.11 Å². The normalized spacial score (nSPS) is 11.4. The summed E-state index contributed by atoms with van der Waals surface area (Å²) in [4.78, 5) is -0.139. The van der Waals surface area contributed by atoms with E-state index >= 15 is 0 Å². The third kappa shape index (κ3) is 6.19. The molecule has 0 N–H and O–H groups in total. The monoisotopic (exact) mass is 492 g/mol. The zero-order valence-corrected chi connectivity index (χ0v) is 21.1. The molecule has 34 heavy (non-hydrogen) atoms. The lowest BCUT2D eigenvalue weighted by molar-refractivity contribution is 0.218. The van der Waals surface area contributed by atoms with Gasteiger partial charge in [0.2, 0.25) is 0 Å². The number of hydrogen-bond donors (Lipinski definition) is 0. The van der Waals surface area contributed by atoms with E-state index in [1.165, 1.54) is 28.0 Å². The van der Waals surface area contributed by atoms with Crippen LogP contribution in [0.25, 0.3) is 0 Å². The second-order valence-corrected chi connectivity index (χ2v) is 12.7. The molecule has 0 saturated carbocycles. The van der Waals surface area contributed by atoms with Gasteiger partial charge >= 0.3 is 0 Å². The molecule has 6 heteroatoms. The van der Waals surface area contributed by atoms with Crippen molar-refractivity contribution in [2.24, 2.45) is 0 Å². The zero-order chi connectivity index (χ0) is 24.4. The van der Waals surface area contributed by atoms with Gasteiger partial charge in [0.1, 0.15) is 33.3 Å². The van der Waals surface area contributed by atoms with E-state index in [1.807, 2.05) is 0 Å². The highest BCUT2D eigenvalue weighted by molar-refractivity contribution is 7.95. The van der Waals surface area contributed by atoms with E-state index in [0.717, 1.165) is 12.8 Å². The van der Waals surface area contributed by atoms with Gasteiger partial charge < -0.3 is 9.29 Å². The summed E-state index contributed by atoms with van der Waals surface area (Å²) in [6.45, 7) is 2.34. The molecule has 176 valence electrons. The first-order chi connectivity index (χ1) is 16.4. The van der Waals surface area contributed by atoms with Gasteiger partial charge in [0.15, 0.2) is 0 Å². The highest BCUT2D eigenvalue weighted by atomic mass is 32.2. The van der Waals surface area contributed by atoms with Gasteiger partial charge in [-0.2, -0.15) is 0 Å². The summed E-state index contributed by atoms with van der Waals surface area (Å²) in [5, 5.41) is 4.23. The number of benzene rings is 4. The van der Waals surface area contributed by atoms with E-state index < -0.39 is 17.4 Å². The van der Waals surface area contributed by atoms with Crippen molar-refractivity contribution in [3.05, 3.63) is 121 Å². The predicted octanol–water partition coefficient (Wildman–Crippen LogP) is 4.53. The van der Waals surface area contributed by atoms with Crippen molar-refractivity contribution in [2.75, 3.05) is 19.9 Å². The molecule has 0 atom stereocenters. The number of hydrogen-bond acceptors (Lipinski definition) is 4. The highest BCUT2D eigenvalue weighted by Crippen LogP contribution is 2.54. The Hall–Kier alpha value is -2.82. The minimum atomic E-state index is -4.28. The molecule has 0 amide bonds. The number of rotatable bonds is 7. The Kier molecular flexibility index (Phi) is 9.14. The number of aryl methyl sites for hydroxylation is 1. The van der Waals surface area contributed by atoms with E-state index in [-0.39, 0.29) is 4.90 Å². The molecule has 0 heterocycles. The van der Waals surface area contributed by atoms with Crippen LogP contribution in [-0.2, 0) is 14.9 Å². The summed E-state index contributed by atoms with van der Waals surface area (Å²) in [5.41, 5.74) is 0.488. The molecule has 4 rings (SSSR count). The predicted molar refractivity (Wildman–Crippen MR) is 141 cm³/mol. The number of methoxy groups -OCH3 is 1. The molecule has 0 aromatic heterocycles. The Labute approximate surface area is 203 Å². The van der Waals surface area contributed by atoms with E-state index in [9.17, 15) is 13.0 Å². The fourth-order valence-electron chi connectivity index (χ4n) is 3.95. The van der Waals surface area contributed by atoms with Gasteiger partial charge in [-0.15, -0.1) is 0 Å². The largest absolute Gasteiger partial charge is 0.744 e. The molecule has 0 spiro atoms. The standard InChI is InChI=1S/C21H22OP.C7H8O3S/c1-22-17-18-23(19-11-5-2-6-12-19,20-13-7-3-8-14-20)21-15-9-4-10-16-21;1-6-4-2-3-5-7(6)11(8,9)10/h2-16H,17-18H2,1H3;2-5H,1H3,(H,8,9,10)/q+1;/p-1. The molecule has 4 aromatic carbocycles. The maximum absolute atomic E-state index is 10.5. The zero-order valence-electron chi connectivity index (χ0n) is 19.4. The van der Waals surface area contributed by atoms with Gasteiger partial charge in [-0.05, 0) is 55.0 Å². The molecule has 0 fully saturated rings. The maximum Gasteiger partial charge on any atom is 0.124 e. The average molecular weight is 493 g/mol. The first-order valence-corrected chi connectivity index (χ1v) is 14.3. The molecule has 4 aromatic rings. The topological polar surface area (TPSA) is 66.4 Å². The molecular weight excluding hydrogens is 463 g/mol. The van der Waals surface area contributed by atoms with Crippen LogP contribution in [0.4, 0.5) is 0 Å². The minimum Gasteiger partial charge on any atom is -0.744 e. The van der Waals surface area contributed by atoms with Crippen LogP contribution < -0.4 is 15.9 Å². The van der Waals surface area contributed by atoms with E-state index in [1.54, 1.807) is 26.2 Å². The molecule has 0 radical (unpaired) electrons. The summed E-state index contributed by atoms with van der Waals surface area (Å²) in [5.74, 6) is 0. The van der Waals surface area contributed by atoms with Crippen molar-refractivity contribution < 1.29 is 17.7 Å². The van der Waals surface area contributed by atoms with Gasteiger partial charge in [-0.1, -0.05) is 72.8 Å². The lowest BCUT2D eigenvalue weighted by atomic mass is 10.2. The van der Waals surface area contributed by atoms with Crippen molar-refractivity contribution in [2.45, 2.75) is 11.8 Å². The first kappa shape index (κ1) is 25.8. The average Bonchev–Trinajstić information content (AvgIpc) is 2.86. The Bertz CT molecular complexity index is 1160. The Balaban J connectivity index is 0.000000248. The van der Waals surface area contributed by atoms with Crippen LogP contribution in [0.3, 0.4) is 0 Å². The van der Waals surface area contributed by atoms with E-state index in [4.69, 9.17) is 4.74 Å². The van der Waals surface area contributed by atoms with E-state index in [0.29, 0.717) is 5.56 Å². The van der Waals surface area contributed by atoms with Crippen molar-refractivity contribution in [1.82, 2.24) is 0 Å². The molecule has 0 saturated heterocycles. The molecule has 4 nitrogen and oxygen atoms in total. The smallest absolute Gasteiger partial charge is 0.124 e. The summed E-state index contributed by atoms with van der Waals surface area (Å²) >= 11 is 0. The third-order valence-electron chi connectivity index (χ3n) is 5.58. The Morgan fingerprint density at radius 3 is 1.38 bits per heavy atom. The highest BCUT2D eigenvalue weighted by Gasteiger charge is 2.44. The van der Waals surface area contributed by atoms with Gasteiger partial charge in [0.25, 0.3) is 0 Å². The SMILES string of the molecule is COCC[P+](c1ccccc1)(c1ccccc1)c1ccccc1.Cc1ccccc1S(=O)(=O)[O-]. The Morgan fingerprint density at radius 1 is 0.676 bits per heavy atom. The lowest BCUT2D eigenvalue weighted by Crippen LogP contribution is -2.34. The van der Waals surface area contributed by atoms with Gasteiger partial charge in [-0.25, -0.2) is 8.42 Å². The molecular formula is C28H29O4PS. The van der Waals surface area contributed by atoms with Crippen LogP contribution >= 0.6 is 7.26 Å². The third-order valence-corrected chi connectivity index (χ3v) is 11.0. The summed E-state index contributed by atoms with van der Waals surface area (Å²) in [6, 6.07) is 38.8. The summed E-state index contributed by atoms with van der Waals surface area (Å²) in [6.07, 6.45) is 1.02. The molecule has 0 aliphatic rings. The quantitative estimate of drug-likeness (QED) is 0.281. The van der Waals surface area contributed by atoms with Gasteiger partial charge in [0.05, 0.1) is 17.7 Å². The van der Waals surface area contributed by atoms with Crippen LogP contribution in [0.15, 0.2) is 120 Å². The summed E-state index contributed by atoms with van der Waals surface area (Å²) < 4.78 is 37.0. The first-order valence-electron chi connectivity index (χ1n) is 10.9. The van der Waals surface area contributed by atoms with Crippen LogP contribution in [0.1, 0.15) is 5.56 Å². The fraction of sp³-hybridized carbons (Fsp3) is 0.143. The minimum absolute atomic E-state index is 0.139. The number of ether oxygens (including phenoxy) is 1. The van der Waals surface area contributed by atoms with Crippen LogP contribution in [0.2, 0.25) is 0 Å². The molecule has 0 aliphatic carbocycles. The second kappa shape index (κ2) is 12.0. The van der Waals surface area contributed by atoms with Crippen LogP contribution in [0, 0.1) is 6.92 Å². The van der Waals surface area contributed by atoms with E-state index in [2.05, 4.69) is 91.0 Å². The fourth-order valence-corrected chi connectivity index (χ4v) is 8.82. The maximum atomic E-state index is 10.5. The molecule has 0 unspecified atom stereocenters. The van der Waals surface area contributed by atoms with Crippen molar-refractivity contribution in [3.8, 4) is 0 Å². The lowest BCUT2D eigenvalue weighted by Gasteiger charge is -2.27. The second-order valence-electron chi connectivity index (χ2n) is 7.75. The molecule has 0 bridgehead atoms. The Morgan fingerprint density at radius 2 is 1.06 bits per heavy atom. The van der Waals surface area contributed by atoms with Crippen LogP contribution in [-0.4, -0.2) is 32.8 Å². The van der Waals surface area contributed by atoms with Crippen molar-refractivity contribution >= 4 is 33.3 Å². The summed E-state index contributed by atoms with van der Waals surface area (Å²) in [7, 11) is -4.19. The molecule has 0 aliphatic heterocycles. The van der Waals surface area contributed by atoms with Gasteiger partial charge in [-0.3, -0.25) is 0 Å². The van der Waals surface area contributed by atoms with Crippen LogP contribution in [0.5, 0.6) is 0 Å².